The van der Waals surface area contributed by atoms with Crippen molar-refractivity contribution in [2.75, 3.05) is 23.9 Å². The predicted molar refractivity (Wildman–Crippen MR) is 108 cm³/mol. The van der Waals surface area contributed by atoms with Gasteiger partial charge in [0.2, 0.25) is 0 Å². The van der Waals surface area contributed by atoms with E-state index in [1.165, 1.54) is 39.5 Å². The van der Waals surface area contributed by atoms with Crippen LogP contribution in [0.25, 0.3) is 11.4 Å². The molecule has 0 spiro atoms. The Morgan fingerprint density at radius 3 is 1.56 bits per heavy atom. The van der Waals surface area contributed by atoms with Crippen LogP contribution in [0, 0.1) is 6.92 Å². The molecule has 0 radical (unpaired) electrons. The topological polar surface area (TPSA) is 6.48 Å². The standard InChI is InChI=1S/C23H22N2/c1-17-14-15-20-21(16-17)25(3)23(19-12-8-5-9-13-19)22(24(20)2)18-10-6-4-7-11-18/h4-16H,1-3H3. The first-order chi connectivity index (χ1) is 12.2. The SMILES string of the molecule is Cc1ccc2c(c1)N(C)C(c1ccccc1)=C(c1ccccc1)N2C. The summed E-state index contributed by atoms with van der Waals surface area (Å²) >= 11 is 0. The van der Waals surface area contributed by atoms with Crippen molar-refractivity contribution in [3.05, 3.63) is 95.6 Å². The van der Waals surface area contributed by atoms with Crippen LogP contribution in [0.3, 0.4) is 0 Å². The monoisotopic (exact) mass is 326 g/mol. The maximum atomic E-state index is 2.32. The molecule has 3 aromatic rings. The zero-order valence-electron chi connectivity index (χ0n) is 14.9. The Balaban J connectivity index is 2.01. The van der Waals surface area contributed by atoms with Gasteiger partial charge in [-0.05, 0) is 24.6 Å². The van der Waals surface area contributed by atoms with E-state index in [2.05, 4.69) is 110 Å². The molecular weight excluding hydrogens is 304 g/mol. The van der Waals surface area contributed by atoms with Crippen LogP contribution in [-0.4, -0.2) is 14.1 Å². The van der Waals surface area contributed by atoms with Crippen LogP contribution in [0.1, 0.15) is 16.7 Å². The molecule has 0 aromatic heterocycles. The average Bonchev–Trinajstić information content (AvgIpc) is 2.65. The van der Waals surface area contributed by atoms with Gasteiger partial charge in [0, 0.05) is 25.2 Å². The lowest BCUT2D eigenvalue weighted by atomic mass is 9.98. The Labute approximate surface area is 149 Å². The third-order valence-corrected chi connectivity index (χ3v) is 4.84. The van der Waals surface area contributed by atoms with Gasteiger partial charge in [0.05, 0.1) is 22.8 Å². The first-order valence-corrected chi connectivity index (χ1v) is 8.60. The summed E-state index contributed by atoms with van der Waals surface area (Å²) in [4.78, 5) is 4.63. The van der Waals surface area contributed by atoms with Crippen molar-refractivity contribution >= 4 is 22.8 Å². The number of hydrogen-bond acceptors (Lipinski definition) is 2. The van der Waals surface area contributed by atoms with E-state index in [9.17, 15) is 0 Å². The lowest BCUT2D eigenvalue weighted by Gasteiger charge is -2.39. The van der Waals surface area contributed by atoms with Crippen molar-refractivity contribution in [1.29, 1.82) is 0 Å². The number of nitrogens with zero attached hydrogens (tertiary/aromatic N) is 2. The highest BCUT2D eigenvalue weighted by Gasteiger charge is 2.28. The molecule has 0 bridgehead atoms. The zero-order valence-corrected chi connectivity index (χ0v) is 14.9. The zero-order chi connectivity index (χ0) is 17.4. The molecule has 0 aliphatic carbocycles. The largest absolute Gasteiger partial charge is 0.341 e. The summed E-state index contributed by atoms with van der Waals surface area (Å²) in [6.07, 6.45) is 0. The summed E-state index contributed by atoms with van der Waals surface area (Å²) in [6.45, 7) is 2.15. The molecule has 3 aromatic carbocycles. The molecule has 1 aliphatic heterocycles. The molecule has 124 valence electrons. The van der Waals surface area contributed by atoms with Crippen molar-refractivity contribution in [2.24, 2.45) is 0 Å². The number of fused-ring (bicyclic) bond motifs is 1. The van der Waals surface area contributed by atoms with Crippen molar-refractivity contribution in [3.8, 4) is 0 Å². The fourth-order valence-electron chi connectivity index (χ4n) is 3.60. The average molecular weight is 326 g/mol. The van der Waals surface area contributed by atoms with Gasteiger partial charge in [0.25, 0.3) is 0 Å². The molecule has 2 nitrogen and oxygen atoms in total. The number of aryl methyl sites for hydroxylation is 1. The number of rotatable bonds is 2. The second-order valence-corrected chi connectivity index (χ2v) is 6.54. The van der Waals surface area contributed by atoms with E-state index in [-0.39, 0.29) is 0 Å². The quantitative estimate of drug-likeness (QED) is 0.621. The van der Waals surface area contributed by atoms with Gasteiger partial charge in [-0.3, -0.25) is 0 Å². The first-order valence-electron chi connectivity index (χ1n) is 8.60. The minimum atomic E-state index is 1.22. The van der Waals surface area contributed by atoms with Gasteiger partial charge in [-0.15, -0.1) is 0 Å². The van der Waals surface area contributed by atoms with Crippen LogP contribution < -0.4 is 9.80 Å². The molecule has 0 atom stereocenters. The molecule has 0 N–H and O–H groups in total. The van der Waals surface area contributed by atoms with E-state index in [1.54, 1.807) is 0 Å². The third kappa shape index (κ3) is 2.60. The summed E-state index contributed by atoms with van der Waals surface area (Å²) in [5.74, 6) is 0. The molecule has 1 heterocycles. The third-order valence-electron chi connectivity index (χ3n) is 4.84. The van der Waals surface area contributed by atoms with Crippen molar-refractivity contribution in [2.45, 2.75) is 6.92 Å². The van der Waals surface area contributed by atoms with Crippen molar-refractivity contribution in [1.82, 2.24) is 0 Å². The van der Waals surface area contributed by atoms with E-state index in [1.807, 2.05) is 0 Å². The Bertz CT molecular complexity index is 927. The van der Waals surface area contributed by atoms with Crippen molar-refractivity contribution < 1.29 is 0 Å². The van der Waals surface area contributed by atoms with Gasteiger partial charge in [0.1, 0.15) is 0 Å². The highest BCUT2D eigenvalue weighted by molar-refractivity contribution is 6.07. The van der Waals surface area contributed by atoms with Gasteiger partial charge >= 0.3 is 0 Å². The Hall–Kier alpha value is -3.00. The molecule has 4 rings (SSSR count). The molecule has 0 fully saturated rings. The maximum Gasteiger partial charge on any atom is 0.0729 e. The maximum absolute atomic E-state index is 2.32. The van der Waals surface area contributed by atoms with Crippen molar-refractivity contribution in [3.63, 3.8) is 0 Å². The van der Waals surface area contributed by atoms with Crippen LogP contribution >= 0.6 is 0 Å². The van der Waals surface area contributed by atoms with Gasteiger partial charge in [-0.1, -0.05) is 66.7 Å². The normalized spacial score (nSPS) is 13.9. The smallest absolute Gasteiger partial charge is 0.0729 e. The minimum absolute atomic E-state index is 1.22. The predicted octanol–water partition coefficient (Wildman–Crippen LogP) is 5.41. The number of hydrogen-bond donors (Lipinski definition) is 0. The summed E-state index contributed by atoms with van der Waals surface area (Å²) in [7, 11) is 4.32. The van der Waals surface area contributed by atoms with Crippen LogP contribution in [0.2, 0.25) is 0 Å². The minimum Gasteiger partial charge on any atom is -0.341 e. The Kier molecular flexibility index (Phi) is 3.81. The van der Waals surface area contributed by atoms with Crippen LogP contribution in [-0.2, 0) is 0 Å². The lowest BCUT2D eigenvalue weighted by molar-refractivity contribution is 1.11. The van der Waals surface area contributed by atoms with E-state index < -0.39 is 0 Å². The van der Waals surface area contributed by atoms with Crippen LogP contribution in [0.15, 0.2) is 78.9 Å². The first kappa shape index (κ1) is 15.5. The molecule has 0 saturated carbocycles. The van der Waals surface area contributed by atoms with E-state index in [4.69, 9.17) is 0 Å². The highest BCUT2D eigenvalue weighted by atomic mass is 15.2. The molecule has 1 aliphatic rings. The Morgan fingerprint density at radius 2 is 1.04 bits per heavy atom. The molecular formula is C23H22N2. The summed E-state index contributed by atoms with van der Waals surface area (Å²) in [5, 5.41) is 0. The lowest BCUT2D eigenvalue weighted by Crippen LogP contribution is -2.30. The summed E-state index contributed by atoms with van der Waals surface area (Å²) < 4.78 is 0. The number of anilines is 2. The van der Waals surface area contributed by atoms with Gasteiger partial charge in [-0.25, -0.2) is 0 Å². The second-order valence-electron chi connectivity index (χ2n) is 6.54. The van der Waals surface area contributed by atoms with Gasteiger partial charge in [-0.2, -0.15) is 0 Å². The molecule has 0 unspecified atom stereocenters. The summed E-state index contributed by atoms with van der Waals surface area (Å²) in [5.41, 5.74) is 8.64. The van der Waals surface area contributed by atoms with Crippen LogP contribution in [0.4, 0.5) is 11.4 Å². The number of benzene rings is 3. The van der Waals surface area contributed by atoms with Crippen LogP contribution in [0.5, 0.6) is 0 Å². The summed E-state index contributed by atoms with van der Waals surface area (Å²) in [6, 6.07) is 27.9. The van der Waals surface area contributed by atoms with Gasteiger partial charge < -0.3 is 9.80 Å². The fraction of sp³-hybridized carbons (Fsp3) is 0.130. The van der Waals surface area contributed by atoms with E-state index in [0.717, 1.165) is 0 Å². The fourth-order valence-corrected chi connectivity index (χ4v) is 3.60. The molecule has 2 heteroatoms. The molecule has 0 saturated heterocycles. The second kappa shape index (κ2) is 6.14. The van der Waals surface area contributed by atoms with E-state index in [0.29, 0.717) is 0 Å². The van der Waals surface area contributed by atoms with E-state index >= 15 is 0 Å². The highest BCUT2D eigenvalue weighted by Crippen LogP contribution is 2.45. The molecule has 25 heavy (non-hydrogen) atoms. The molecule has 0 amide bonds. The Morgan fingerprint density at radius 1 is 0.560 bits per heavy atom. The van der Waals surface area contributed by atoms with Gasteiger partial charge in [0.15, 0.2) is 0 Å².